The van der Waals surface area contributed by atoms with Crippen molar-refractivity contribution < 1.29 is 14.3 Å². The Morgan fingerprint density at radius 2 is 2.09 bits per heavy atom. The standard InChI is InChI=1S/C26H27N5O3S/c1-2-34-26(33)18-7-5-13-31(16-18)24-20(10-11-21(29-24)22-8-6-14-35-22)25(32)27-15-19-17-30-12-4-3-9-23(30)28-19/h3-4,6,8-12,14,17-18H,2,5,7,13,15-16H2,1H3,(H,27,32)/t18-/m0/s1. The van der Waals surface area contributed by atoms with Crippen molar-refractivity contribution in [2.45, 2.75) is 26.3 Å². The van der Waals surface area contributed by atoms with E-state index >= 15 is 0 Å². The van der Waals surface area contributed by atoms with Gasteiger partial charge in [0, 0.05) is 25.5 Å². The molecule has 8 nitrogen and oxygen atoms in total. The summed E-state index contributed by atoms with van der Waals surface area (Å²) in [5.41, 5.74) is 2.90. The van der Waals surface area contributed by atoms with Crippen molar-refractivity contribution in [3.8, 4) is 10.6 Å². The first-order valence-electron chi connectivity index (χ1n) is 11.8. The SMILES string of the molecule is CCOC(=O)[C@H]1CCCN(c2nc(-c3cccs3)ccc2C(=O)NCc2cn3ccccc3n2)C1. The molecule has 0 aliphatic carbocycles. The number of ether oxygens (including phenoxy) is 1. The second-order valence-corrected chi connectivity index (χ2v) is 9.41. The van der Waals surface area contributed by atoms with E-state index in [-0.39, 0.29) is 17.8 Å². The van der Waals surface area contributed by atoms with Crippen LogP contribution in [-0.4, -0.2) is 45.9 Å². The number of amides is 1. The lowest BCUT2D eigenvalue weighted by molar-refractivity contribution is -0.148. The molecule has 1 fully saturated rings. The minimum atomic E-state index is -0.232. The summed E-state index contributed by atoms with van der Waals surface area (Å²) in [5.74, 6) is -0.0489. The van der Waals surface area contributed by atoms with Crippen LogP contribution < -0.4 is 10.2 Å². The van der Waals surface area contributed by atoms with Gasteiger partial charge in [0.05, 0.1) is 40.9 Å². The molecule has 1 aliphatic rings. The van der Waals surface area contributed by atoms with Crippen molar-refractivity contribution in [2.75, 3.05) is 24.6 Å². The third kappa shape index (κ3) is 5.05. The number of hydrogen-bond donors (Lipinski definition) is 1. The van der Waals surface area contributed by atoms with E-state index in [1.807, 2.05) is 76.5 Å². The number of thiophene rings is 1. The molecule has 180 valence electrons. The maximum Gasteiger partial charge on any atom is 0.310 e. The van der Waals surface area contributed by atoms with Crippen molar-refractivity contribution in [2.24, 2.45) is 5.92 Å². The predicted octanol–water partition coefficient (Wildman–Crippen LogP) is 4.17. The van der Waals surface area contributed by atoms with Crippen LogP contribution in [0.4, 0.5) is 5.82 Å². The first-order valence-corrected chi connectivity index (χ1v) is 12.7. The molecule has 4 aromatic rings. The molecule has 4 aromatic heterocycles. The van der Waals surface area contributed by atoms with Gasteiger partial charge in [0.25, 0.3) is 5.91 Å². The van der Waals surface area contributed by atoms with Gasteiger partial charge in [-0.3, -0.25) is 9.59 Å². The van der Waals surface area contributed by atoms with Gasteiger partial charge >= 0.3 is 5.97 Å². The van der Waals surface area contributed by atoms with E-state index in [4.69, 9.17) is 9.72 Å². The Balaban J connectivity index is 1.40. The van der Waals surface area contributed by atoms with Crippen LogP contribution in [0.5, 0.6) is 0 Å². The minimum absolute atomic E-state index is 0.190. The molecule has 9 heteroatoms. The fraction of sp³-hybridized carbons (Fsp3) is 0.308. The number of hydrogen-bond acceptors (Lipinski definition) is 7. The minimum Gasteiger partial charge on any atom is -0.466 e. The summed E-state index contributed by atoms with van der Waals surface area (Å²) in [7, 11) is 0. The van der Waals surface area contributed by atoms with Gasteiger partial charge in [-0.05, 0) is 55.5 Å². The third-order valence-electron chi connectivity index (χ3n) is 6.08. The number of fused-ring (bicyclic) bond motifs is 1. The van der Waals surface area contributed by atoms with Crippen LogP contribution in [0.15, 0.2) is 60.2 Å². The number of rotatable bonds is 7. The molecule has 0 aromatic carbocycles. The van der Waals surface area contributed by atoms with E-state index in [0.717, 1.165) is 41.3 Å². The zero-order chi connectivity index (χ0) is 24.2. The van der Waals surface area contributed by atoms with Gasteiger partial charge in [0.2, 0.25) is 0 Å². The number of imidazole rings is 1. The van der Waals surface area contributed by atoms with E-state index < -0.39 is 0 Å². The van der Waals surface area contributed by atoms with E-state index in [1.165, 1.54) is 0 Å². The van der Waals surface area contributed by atoms with Crippen LogP contribution in [0.25, 0.3) is 16.2 Å². The quantitative estimate of drug-likeness (QED) is 0.392. The Hall–Kier alpha value is -3.72. The summed E-state index contributed by atoms with van der Waals surface area (Å²) >= 11 is 1.60. The van der Waals surface area contributed by atoms with Crippen molar-refractivity contribution in [1.29, 1.82) is 0 Å². The molecule has 1 saturated heterocycles. The lowest BCUT2D eigenvalue weighted by Crippen LogP contribution is -2.41. The van der Waals surface area contributed by atoms with Crippen molar-refractivity contribution in [3.63, 3.8) is 0 Å². The Bertz CT molecular complexity index is 1300. The van der Waals surface area contributed by atoms with Gasteiger partial charge in [-0.15, -0.1) is 11.3 Å². The number of nitrogens with one attached hydrogen (secondary N) is 1. The Labute approximate surface area is 207 Å². The molecule has 0 radical (unpaired) electrons. The highest BCUT2D eigenvalue weighted by Crippen LogP contribution is 2.30. The summed E-state index contributed by atoms with van der Waals surface area (Å²) in [6, 6.07) is 13.5. The highest BCUT2D eigenvalue weighted by molar-refractivity contribution is 7.13. The van der Waals surface area contributed by atoms with Crippen LogP contribution in [0.3, 0.4) is 0 Å². The molecule has 1 aliphatic heterocycles. The maximum atomic E-state index is 13.3. The molecule has 0 unspecified atom stereocenters. The smallest absolute Gasteiger partial charge is 0.310 e. The van der Waals surface area contributed by atoms with E-state index in [2.05, 4.69) is 10.3 Å². The molecule has 5 heterocycles. The molecule has 1 atom stereocenters. The van der Waals surface area contributed by atoms with E-state index in [9.17, 15) is 9.59 Å². The second-order valence-electron chi connectivity index (χ2n) is 8.46. The largest absolute Gasteiger partial charge is 0.466 e. The summed E-state index contributed by atoms with van der Waals surface area (Å²) in [6.45, 7) is 3.68. The summed E-state index contributed by atoms with van der Waals surface area (Å²) in [5, 5.41) is 5.00. The van der Waals surface area contributed by atoms with Gasteiger partial charge in [0.15, 0.2) is 0 Å². The molecule has 1 amide bonds. The predicted molar refractivity (Wildman–Crippen MR) is 135 cm³/mol. The number of piperidine rings is 1. The lowest BCUT2D eigenvalue weighted by Gasteiger charge is -2.33. The highest BCUT2D eigenvalue weighted by atomic mass is 32.1. The molecule has 5 rings (SSSR count). The number of esters is 1. The third-order valence-corrected chi connectivity index (χ3v) is 6.97. The molecular formula is C26H27N5O3S. The average Bonchev–Trinajstić information content (AvgIpc) is 3.57. The van der Waals surface area contributed by atoms with Gasteiger partial charge in [-0.1, -0.05) is 12.1 Å². The fourth-order valence-corrected chi connectivity index (χ4v) is 5.08. The zero-order valence-corrected chi connectivity index (χ0v) is 20.3. The Morgan fingerprint density at radius 1 is 1.17 bits per heavy atom. The molecule has 0 bridgehead atoms. The van der Waals surface area contributed by atoms with Gasteiger partial charge in [-0.25, -0.2) is 9.97 Å². The Kier molecular flexibility index (Phi) is 6.76. The Morgan fingerprint density at radius 3 is 2.89 bits per heavy atom. The van der Waals surface area contributed by atoms with E-state index in [0.29, 0.717) is 31.1 Å². The van der Waals surface area contributed by atoms with Crippen molar-refractivity contribution in [3.05, 3.63) is 71.5 Å². The van der Waals surface area contributed by atoms with Crippen LogP contribution >= 0.6 is 11.3 Å². The first-order chi connectivity index (χ1) is 17.1. The first kappa shape index (κ1) is 23.0. The number of nitrogens with zero attached hydrogens (tertiary/aromatic N) is 4. The topological polar surface area (TPSA) is 88.8 Å². The average molecular weight is 490 g/mol. The maximum absolute atomic E-state index is 13.3. The molecule has 0 saturated carbocycles. The van der Waals surface area contributed by atoms with Crippen LogP contribution in [-0.2, 0) is 16.1 Å². The highest BCUT2D eigenvalue weighted by Gasteiger charge is 2.30. The second kappa shape index (κ2) is 10.3. The number of aromatic nitrogens is 3. The van der Waals surface area contributed by atoms with Crippen LogP contribution in [0, 0.1) is 5.92 Å². The van der Waals surface area contributed by atoms with Gasteiger partial charge < -0.3 is 19.4 Å². The van der Waals surface area contributed by atoms with Gasteiger partial charge in [-0.2, -0.15) is 0 Å². The van der Waals surface area contributed by atoms with Crippen molar-refractivity contribution in [1.82, 2.24) is 19.7 Å². The van der Waals surface area contributed by atoms with Crippen molar-refractivity contribution >= 4 is 34.7 Å². The lowest BCUT2D eigenvalue weighted by atomic mass is 9.97. The zero-order valence-electron chi connectivity index (χ0n) is 19.5. The monoisotopic (exact) mass is 489 g/mol. The number of carbonyl (C=O) groups excluding carboxylic acids is 2. The summed E-state index contributed by atoms with van der Waals surface area (Å²) < 4.78 is 7.19. The summed E-state index contributed by atoms with van der Waals surface area (Å²) in [4.78, 5) is 38.3. The number of anilines is 1. The molecular weight excluding hydrogens is 462 g/mol. The fourth-order valence-electron chi connectivity index (χ4n) is 4.39. The molecule has 35 heavy (non-hydrogen) atoms. The summed E-state index contributed by atoms with van der Waals surface area (Å²) in [6.07, 6.45) is 5.44. The van der Waals surface area contributed by atoms with Crippen LogP contribution in [0.2, 0.25) is 0 Å². The van der Waals surface area contributed by atoms with Gasteiger partial charge in [0.1, 0.15) is 11.5 Å². The number of carbonyl (C=O) groups is 2. The normalized spacial score (nSPS) is 15.8. The van der Waals surface area contributed by atoms with Crippen LogP contribution in [0.1, 0.15) is 35.8 Å². The number of pyridine rings is 2. The molecule has 1 N–H and O–H groups in total. The van der Waals surface area contributed by atoms with E-state index in [1.54, 1.807) is 11.3 Å². The molecule has 0 spiro atoms.